The van der Waals surface area contributed by atoms with Crippen LogP contribution in [-0.4, -0.2) is 25.5 Å². The molecule has 0 aliphatic carbocycles. The summed E-state index contributed by atoms with van der Waals surface area (Å²) in [6.45, 7) is 0. The molecule has 72 valence electrons. The summed E-state index contributed by atoms with van der Waals surface area (Å²) >= 11 is 0. The maximum absolute atomic E-state index is 10.9. The molecule has 1 atom stereocenters. The minimum absolute atomic E-state index is 0.225. The number of benzene rings is 1. The zero-order valence-electron chi connectivity index (χ0n) is 7.34. The fourth-order valence-electron chi connectivity index (χ4n) is 1.06. The third kappa shape index (κ3) is 3.57. The first kappa shape index (κ1) is 10.2. The zero-order chi connectivity index (χ0) is 9.90. The number of hydrogen-bond acceptors (Lipinski definition) is 3. The van der Waals surface area contributed by atoms with E-state index >= 15 is 0 Å². The van der Waals surface area contributed by atoms with Crippen LogP contribution >= 0.6 is 0 Å². The number of aliphatic hydroxyl groups excluding tert-OH is 1. The fourth-order valence-corrected chi connectivity index (χ4v) is 1.82. The van der Waals surface area contributed by atoms with Crippen LogP contribution in [-0.2, 0) is 9.84 Å². The SMILES string of the molecule is CS(=O)(=O)C[C@@H](O)c1ccccc1. The molecule has 1 rings (SSSR count). The van der Waals surface area contributed by atoms with E-state index in [-0.39, 0.29) is 5.75 Å². The lowest BCUT2D eigenvalue weighted by atomic mass is 10.1. The van der Waals surface area contributed by atoms with Crippen molar-refractivity contribution < 1.29 is 13.5 Å². The predicted octanol–water partition coefficient (Wildman–Crippen LogP) is 0.765. The Hall–Kier alpha value is -0.870. The van der Waals surface area contributed by atoms with E-state index < -0.39 is 15.9 Å². The summed E-state index contributed by atoms with van der Waals surface area (Å²) < 4.78 is 21.7. The van der Waals surface area contributed by atoms with Crippen molar-refractivity contribution in [1.82, 2.24) is 0 Å². The van der Waals surface area contributed by atoms with Gasteiger partial charge in [0.05, 0.1) is 11.9 Å². The molecule has 0 saturated carbocycles. The molecule has 4 heteroatoms. The molecule has 0 radical (unpaired) electrons. The highest BCUT2D eigenvalue weighted by Crippen LogP contribution is 2.13. The molecule has 0 fully saturated rings. The molecule has 0 unspecified atom stereocenters. The summed E-state index contributed by atoms with van der Waals surface area (Å²) in [4.78, 5) is 0. The maximum Gasteiger partial charge on any atom is 0.150 e. The van der Waals surface area contributed by atoms with Gasteiger partial charge in [-0.15, -0.1) is 0 Å². The van der Waals surface area contributed by atoms with Crippen LogP contribution in [0.15, 0.2) is 30.3 Å². The summed E-state index contributed by atoms with van der Waals surface area (Å²) in [5.41, 5.74) is 0.632. The highest BCUT2D eigenvalue weighted by atomic mass is 32.2. The van der Waals surface area contributed by atoms with Crippen molar-refractivity contribution in [3.63, 3.8) is 0 Å². The molecule has 0 amide bonds. The molecular weight excluding hydrogens is 188 g/mol. The Bertz CT molecular complexity index is 356. The lowest BCUT2D eigenvalue weighted by molar-refractivity contribution is 0.202. The van der Waals surface area contributed by atoms with Gasteiger partial charge < -0.3 is 5.11 Å². The van der Waals surface area contributed by atoms with E-state index in [0.29, 0.717) is 5.56 Å². The molecule has 0 aliphatic rings. The van der Waals surface area contributed by atoms with Gasteiger partial charge in [-0.05, 0) is 5.56 Å². The third-order valence-corrected chi connectivity index (χ3v) is 2.57. The smallest absolute Gasteiger partial charge is 0.150 e. The number of aliphatic hydroxyl groups is 1. The first-order valence-electron chi connectivity index (χ1n) is 3.90. The average Bonchev–Trinajstić information content (AvgIpc) is 2.03. The van der Waals surface area contributed by atoms with E-state index in [0.717, 1.165) is 6.26 Å². The summed E-state index contributed by atoms with van der Waals surface area (Å²) in [6, 6.07) is 8.75. The van der Waals surface area contributed by atoms with E-state index in [1.807, 2.05) is 6.07 Å². The van der Waals surface area contributed by atoms with Crippen molar-refractivity contribution in [2.45, 2.75) is 6.10 Å². The molecule has 0 spiro atoms. The predicted molar refractivity (Wildman–Crippen MR) is 51.1 cm³/mol. The first-order valence-corrected chi connectivity index (χ1v) is 5.96. The molecule has 0 bridgehead atoms. The molecule has 0 heterocycles. The van der Waals surface area contributed by atoms with Crippen LogP contribution < -0.4 is 0 Å². The van der Waals surface area contributed by atoms with Crippen molar-refractivity contribution in [3.8, 4) is 0 Å². The highest BCUT2D eigenvalue weighted by Gasteiger charge is 2.13. The van der Waals surface area contributed by atoms with Gasteiger partial charge in [0.2, 0.25) is 0 Å². The fraction of sp³-hybridized carbons (Fsp3) is 0.333. The molecule has 1 aromatic carbocycles. The van der Waals surface area contributed by atoms with Crippen molar-refractivity contribution in [2.24, 2.45) is 0 Å². The Morgan fingerprint density at radius 3 is 2.31 bits per heavy atom. The van der Waals surface area contributed by atoms with E-state index in [4.69, 9.17) is 0 Å². The van der Waals surface area contributed by atoms with Gasteiger partial charge in [0.25, 0.3) is 0 Å². The molecule has 0 aromatic heterocycles. The standard InChI is InChI=1S/C9H12O3S/c1-13(11,12)7-9(10)8-5-3-2-4-6-8/h2-6,9-10H,7H2,1H3/t9-/m1/s1. The minimum Gasteiger partial charge on any atom is -0.387 e. The Morgan fingerprint density at radius 2 is 1.85 bits per heavy atom. The monoisotopic (exact) mass is 200 g/mol. The Labute approximate surface area is 77.9 Å². The van der Waals surface area contributed by atoms with Crippen LogP contribution in [0.1, 0.15) is 11.7 Å². The largest absolute Gasteiger partial charge is 0.387 e. The molecule has 1 aromatic rings. The summed E-state index contributed by atoms with van der Waals surface area (Å²) in [5, 5.41) is 9.48. The van der Waals surface area contributed by atoms with Gasteiger partial charge in [-0.2, -0.15) is 0 Å². The van der Waals surface area contributed by atoms with Crippen molar-refractivity contribution in [2.75, 3.05) is 12.0 Å². The third-order valence-electron chi connectivity index (χ3n) is 1.64. The van der Waals surface area contributed by atoms with E-state index in [1.54, 1.807) is 24.3 Å². The first-order chi connectivity index (χ1) is 5.99. The maximum atomic E-state index is 10.9. The normalized spacial score (nSPS) is 14.0. The average molecular weight is 200 g/mol. The summed E-state index contributed by atoms with van der Waals surface area (Å²) in [5.74, 6) is -0.225. The summed E-state index contributed by atoms with van der Waals surface area (Å²) in [6.07, 6.45) is 0.190. The van der Waals surface area contributed by atoms with Crippen LogP contribution in [0, 0.1) is 0 Å². The van der Waals surface area contributed by atoms with Gasteiger partial charge in [0.15, 0.2) is 0 Å². The summed E-state index contributed by atoms with van der Waals surface area (Å²) in [7, 11) is -3.12. The molecule has 1 N–H and O–H groups in total. The second-order valence-electron chi connectivity index (χ2n) is 3.02. The molecular formula is C9H12O3S. The zero-order valence-corrected chi connectivity index (χ0v) is 8.16. The van der Waals surface area contributed by atoms with Gasteiger partial charge in [0.1, 0.15) is 9.84 Å². The lowest BCUT2D eigenvalue weighted by Crippen LogP contribution is -2.12. The quantitative estimate of drug-likeness (QED) is 0.784. The number of rotatable bonds is 3. The van der Waals surface area contributed by atoms with Crippen LogP contribution in [0.25, 0.3) is 0 Å². The van der Waals surface area contributed by atoms with Gasteiger partial charge in [-0.25, -0.2) is 8.42 Å². The van der Waals surface area contributed by atoms with Crippen LogP contribution in [0.4, 0.5) is 0 Å². The van der Waals surface area contributed by atoms with E-state index in [2.05, 4.69) is 0 Å². The van der Waals surface area contributed by atoms with Gasteiger partial charge in [0, 0.05) is 6.26 Å². The molecule has 0 aliphatic heterocycles. The molecule has 13 heavy (non-hydrogen) atoms. The van der Waals surface area contributed by atoms with E-state index in [1.165, 1.54) is 0 Å². The van der Waals surface area contributed by atoms with Gasteiger partial charge >= 0.3 is 0 Å². The van der Waals surface area contributed by atoms with Crippen LogP contribution in [0.3, 0.4) is 0 Å². The highest BCUT2D eigenvalue weighted by molar-refractivity contribution is 7.90. The van der Waals surface area contributed by atoms with Gasteiger partial charge in [-0.1, -0.05) is 30.3 Å². The van der Waals surface area contributed by atoms with Crippen LogP contribution in [0.5, 0.6) is 0 Å². The second-order valence-corrected chi connectivity index (χ2v) is 5.20. The molecule has 3 nitrogen and oxygen atoms in total. The minimum atomic E-state index is -3.12. The topological polar surface area (TPSA) is 54.4 Å². The Kier molecular flexibility index (Phi) is 3.06. The van der Waals surface area contributed by atoms with Crippen molar-refractivity contribution in [1.29, 1.82) is 0 Å². The van der Waals surface area contributed by atoms with Crippen LogP contribution in [0.2, 0.25) is 0 Å². The number of sulfone groups is 1. The lowest BCUT2D eigenvalue weighted by Gasteiger charge is -2.08. The second kappa shape index (κ2) is 3.89. The van der Waals surface area contributed by atoms with Gasteiger partial charge in [-0.3, -0.25) is 0 Å². The number of hydrogen-bond donors (Lipinski definition) is 1. The van der Waals surface area contributed by atoms with Crippen molar-refractivity contribution >= 4 is 9.84 Å². The van der Waals surface area contributed by atoms with Crippen molar-refractivity contribution in [3.05, 3.63) is 35.9 Å². The Morgan fingerprint density at radius 1 is 1.31 bits per heavy atom. The Balaban J connectivity index is 2.76. The van der Waals surface area contributed by atoms with E-state index in [9.17, 15) is 13.5 Å². The molecule has 0 saturated heterocycles.